The summed E-state index contributed by atoms with van der Waals surface area (Å²) in [5, 5.41) is 2.87. The molecule has 1 heterocycles. The third-order valence-corrected chi connectivity index (χ3v) is 1.17. The summed E-state index contributed by atoms with van der Waals surface area (Å²) < 4.78 is 0. The molecule has 1 aliphatic heterocycles. The van der Waals surface area contributed by atoms with Crippen LogP contribution in [-0.4, -0.2) is 18.5 Å². The van der Waals surface area contributed by atoms with E-state index in [1.165, 1.54) is 0 Å². The second kappa shape index (κ2) is 3.58. The highest BCUT2D eigenvalue weighted by atomic mass is 16.7. The van der Waals surface area contributed by atoms with Gasteiger partial charge in [0.1, 0.15) is 0 Å². The fourth-order valence-electron chi connectivity index (χ4n) is 0.661. The lowest BCUT2D eigenvalue weighted by molar-refractivity contribution is -0.0583. The van der Waals surface area contributed by atoms with Gasteiger partial charge in [0.2, 0.25) is 0 Å². The van der Waals surface area contributed by atoms with E-state index in [1.54, 1.807) is 6.34 Å². The van der Waals surface area contributed by atoms with Crippen LogP contribution >= 0.6 is 0 Å². The Morgan fingerprint density at radius 2 is 2.33 bits per heavy atom. The molecule has 0 bridgehead atoms. The Balaban J connectivity index is 2.28. The van der Waals surface area contributed by atoms with Crippen LogP contribution in [0.5, 0.6) is 0 Å². The molecule has 0 saturated carbocycles. The van der Waals surface area contributed by atoms with Gasteiger partial charge in [0.25, 0.3) is 0 Å². The van der Waals surface area contributed by atoms with E-state index in [4.69, 9.17) is 4.84 Å². The van der Waals surface area contributed by atoms with E-state index in [0.29, 0.717) is 6.54 Å². The van der Waals surface area contributed by atoms with Crippen molar-refractivity contribution >= 4 is 6.34 Å². The molecule has 0 aromatic carbocycles. The fraction of sp³-hybridized carbons (Fsp3) is 0.625. The molecule has 0 unspecified atom stereocenters. The molecule has 0 aromatic heterocycles. The number of hydroxylamine groups is 1. The van der Waals surface area contributed by atoms with Crippen LogP contribution in [-0.2, 0) is 4.84 Å². The normalized spacial score (nSPS) is 16.8. The summed E-state index contributed by atoms with van der Waals surface area (Å²) in [6, 6.07) is 0. The van der Waals surface area contributed by atoms with Crippen LogP contribution in [0.1, 0.15) is 20.8 Å². The number of aliphatic imine (C=N–C) groups is 1. The molecule has 0 atom stereocenters. The Labute approximate surface area is 72.7 Å². The minimum absolute atomic E-state index is 0.179. The molecule has 68 valence electrons. The van der Waals surface area contributed by atoms with E-state index in [9.17, 15) is 0 Å². The summed E-state index contributed by atoms with van der Waals surface area (Å²) in [7, 11) is 0. The quantitative estimate of drug-likeness (QED) is 0.600. The van der Waals surface area contributed by atoms with Gasteiger partial charge in [0, 0.05) is 6.20 Å². The highest BCUT2D eigenvalue weighted by Gasteiger charge is 2.11. The van der Waals surface area contributed by atoms with Crippen molar-refractivity contribution in [3.05, 3.63) is 11.9 Å². The van der Waals surface area contributed by atoms with Crippen molar-refractivity contribution in [2.24, 2.45) is 4.99 Å². The van der Waals surface area contributed by atoms with E-state index in [0.717, 1.165) is 5.70 Å². The van der Waals surface area contributed by atoms with Crippen molar-refractivity contribution in [2.75, 3.05) is 6.54 Å². The molecule has 0 saturated heterocycles. The second-order valence-corrected chi connectivity index (χ2v) is 3.62. The highest BCUT2D eigenvalue weighted by molar-refractivity contribution is 5.57. The number of hydrogen-bond acceptors (Lipinski definition) is 4. The predicted molar refractivity (Wildman–Crippen MR) is 48.6 cm³/mol. The van der Waals surface area contributed by atoms with Gasteiger partial charge in [0.05, 0.1) is 24.2 Å². The lowest BCUT2D eigenvalue weighted by Gasteiger charge is -2.21. The number of nitrogens with one attached hydrogen (secondary N) is 2. The van der Waals surface area contributed by atoms with Gasteiger partial charge >= 0.3 is 0 Å². The first-order chi connectivity index (χ1) is 5.58. The SMILES string of the molecule is CC(C)(C)ONC1=CNC=NC1. The third-order valence-electron chi connectivity index (χ3n) is 1.17. The Hall–Kier alpha value is -1.03. The van der Waals surface area contributed by atoms with Crippen molar-refractivity contribution in [3.8, 4) is 0 Å². The summed E-state index contributed by atoms with van der Waals surface area (Å²) in [5.74, 6) is 0. The maximum absolute atomic E-state index is 5.34. The summed E-state index contributed by atoms with van der Waals surface area (Å²) in [4.78, 5) is 9.35. The highest BCUT2D eigenvalue weighted by Crippen LogP contribution is 2.05. The zero-order chi connectivity index (χ0) is 9.03. The predicted octanol–water partition coefficient (Wildman–Crippen LogP) is 0.779. The van der Waals surface area contributed by atoms with Crippen LogP contribution in [0, 0.1) is 0 Å². The molecule has 0 aromatic rings. The molecule has 12 heavy (non-hydrogen) atoms. The van der Waals surface area contributed by atoms with Gasteiger partial charge in [-0.1, -0.05) is 0 Å². The van der Waals surface area contributed by atoms with Gasteiger partial charge < -0.3 is 5.32 Å². The van der Waals surface area contributed by atoms with E-state index in [1.807, 2.05) is 27.0 Å². The average Bonchev–Trinajstić information content (AvgIpc) is 2.02. The first-order valence-electron chi connectivity index (χ1n) is 3.95. The lowest BCUT2D eigenvalue weighted by Crippen LogP contribution is -2.31. The van der Waals surface area contributed by atoms with E-state index in [-0.39, 0.29) is 5.60 Å². The second-order valence-electron chi connectivity index (χ2n) is 3.62. The average molecular weight is 169 g/mol. The number of nitrogens with zero attached hydrogens (tertiary/aromatic N) is 1. The summed E-state index contributed by atoms with van der Waals surface area (Å²) in [6.45, 7) is 6.60. The van der Waals surface area contributed by atoms with Crippen LogP contribution in [0.15, 0.2) is 16.9 Å². The molecule has 0 aliphatic carbocycles. The molecule has 0 spiro atoms. The van der Waals surface area contributed by atoms with Crippen molar-refractivity contribution in [3.63, 3.8) is 0 Å². The summed E-state index contributed by atoms with van der Waals surface area (Å²) in [5.41, 5.74) is 3.61. The lowest BCUT2D eigenvalue weighted by atomic mass is 10.2. The zero-order valence-corrected chi connectivity index (χ0v) is 7.72. The van der Waals surface area contributed by atoms with Gasteiger partial charge in [-0.3, -0.25) is 15.3 Å². The van der Waals surface area contributed by atoms with Gasteiger partial charge in [0.15, 0.2) is 0 Å². The molecule has 4 nitrogen and oxygen atoms in total. The van der Waals surface area contributed by atoms with Crippen LogP contribution in [0.4, 0.5) is 0 Å². The Kier molecular flexibility index (Phi) is 2.70. The van der Waals surface area contributed by atoms with Crippen molar-refractivity contribution in [2.45, 2.75) is 26.4 Å². The van der Waals surface area contributed by atoms with Gasteiger partial charge in [-0.2, -0.15) is 0 Å². The summed E-state index contributed by atoms with van der Waals surface area (Å²) in [6.07, 6.45) is 3.49. The Bertz CT molecular complexity index is 203. The minimum Gasteiger partial charge on any atom is -0.351 e. The van der Waals surface area contributed by atoms with Crippen LogP contribution < -0.4 is 10.8 Å². The molecule has 0 fully saturated rings. The van der Waals surface area contributed by atoms with Gasteiger partial charge in [-0.05, 0) is 20.8 Å². The monoisotopic (exact) mass is 169 g/mol. The first-order valence-corrected chi connectivity index (χ1v) is 3.95. The van der Waals surface area contributed by atoms with Crippen LogP contribution in [0.3, 0.4) is 0 Å². The third kappa shape index (κ3) is 3.39. The fourth-order valence-corrected chi connectivity index (χ4v) is 0.661. The number of rotatable bonds is 2. The molecule has 1 aliphatic rings. The summed E-state index contributed by atoms with van der Waals surface area (Å²) >= 11 is 0. The first kappa shape index (κ1) is 9.06. The van der Waals surface area contributed by atoms with Crippen LogP contribution in [0.25, 0.3) is 0 Å². The topological polar surface area (TPSA) is 45.6 Å². The maximum Gasteiger partial charge on any atom is 0.0876 e. The van der Waals surface area contributed by atoms with Crippen LogP contribution in [0.2, 0.25) is 0 Å². The van der Waals surface area contributed by atoms with Crippen molar-refractivity contribution < 1.29 is 4.84 Å². The molecule has 0 radical (unpaired) electrons. The molecular formula is C8H15N3O. The van der Waals surface area contributed by atoms with Crippen molar-refractivity contribution in [1.29, 1.82) is 0 Å². The minimum atomic E-state index is -0.179. The smallest absolute Gasteiger partial charge is 0.0876 e. The Morgan fingerprint density at radius 3 is 2.83 bits per heavy atom. The van der Waals surface area contributed by atoms with Crippen molar-refractivity contribution in [1.82, 2.24) is 10.8 Å². The largest absolute Gasteiger partial charge is 0.351 e. The Morgan fingerprint density at radius 1 is 1.58 bits per heavy atom. The van der Waals surface area contributed by atoms with Gasteiger partial charge in [-0.25, -0.2) is 0 Å². The maximum atomic E-state index is 5.34. The number of hydrogen-bond donors (Lipinski definition) is 2. The zero-order valence-electron chi connectivity index (χ0n) is 7.72. The van der Waals surface area contributed by atoms with E-state index < -0.39 is 0 Å². The molecule has 1 rings (SSSR count). The molecule has 4 heteroatoms. The molecule has 0 amide bonds. The van der Waals surface area contributed by atoms with E-state index >= 15 is 0 Å². The molecular weight excluding hydrogens is 154 g/mol. The standard InChI is InChI=1S/C8H15N3O/c1-8(2,3)12-11-7-4-9-6-10-5-7/h4,6,11H,5H2,1-3H3,(H,9,10). The van der Waals surface area contributed by atoms with E-state index in [2.05, 4.69) is 15.8 Å². The van der Waals surface area contributed by atoms with Gasteiger partial charge in [-0.15, -0.1) is 0 Å². The molecule has 2 N–H and O–H groups in total.